The van der Waals surface area contributed by atoms with Crippen molar-refractivity contribution in [3.05, 3.63) is 106 Å². The van der Waals surface area contributed by atoms with Gasteiger partial charge in [-0.25, -0.2) is 0 Å². The zero-order valence-corrected chi connectivity index (χ0v) is 57.5. The van der Waals surface area contributed by atoms with E-state index in [0.717, 1.165) is 31.7 Å². The summed E-state index contributed by atoms with van der Waals surface area (Å²) in [6, 6.07) is 8.98. The molecule has 3 aromatic rings. The fourth-order valence-electron chi connectivity index (χ4n) is 11.7. The lowest BCUT2D eigenvalue weighted by Crippen LogP contribution is -2.64. The number of nitrogens with zero attached hydrogens (tertiary/aromatic N) is 8. The third-order valence-electron chi connectivity index (χ3n) is 18.0. The Kier molecular flexibility index (Phi) is 27.6. The molecule has 2 aliphatic rings. The fourth-order valence-corrected chi connectivity index (χ4v) is 11.8. The van der Waals surface area contributed by atoms with E-state index >= 15 is 14.4 Å². The number of likely N-dealkylation sites (N-methyl/N-ethyl adjacent to an activating group) is 7. The van der Waals surface area contributed by atoms with Crippen molar-refractivity contribution in [1.82, 2.24) is 55.1 Å². The highest BCUT2D eigenvalue weighted by Crippen LogP contribution is 2.30. The van der Waals surface area contributed by atoms with E-state index in [1.165, 1.54) is 88.0 Å². The van der Waals surface area contributed by atoms with Crippen LogP contribution in [-0.2, 0) is 78.2 Å². The third kappa shape index (κ3) is 20.0. The highest BCUT2D eigenvalue weighted by Gasteiger charge is 2.45. The van der Waals surface area contributed by atoms with Gasteiger partial charge in [0, 0.05) is 86.2 Å². The summed E-state index contributed by atoms with van der Waals surface area (Å²) in [5, 5.41) is 8.81. The molecule has 516 valence electrons. The first-order valence-corrected chi connectivity index (χ1v) is 32.3. The molecular formula is C68H95ClF3N11O11. The summed E-state index contributed by atoms with van der Waals surface area (Å²) in [6.45, 7) is 12.7. The van der Waals surface area contributed by atoms with Crippen molar-refractivity contribution in [2.75, 3.05) is 69.0 Å². The highest BCUT2D eigenvalue weighted by molar-refractivity contribution is 6.30. The van der Waals surface area contributed by atoms with Gasteiger partial charge in [-0.15, -0.1) is 0 Å². The first-order chi connectivity index (χ1) is 44.0. The number of benzene rings is 3. The van der Waals surface area contributed by atoms with Gasteiger partial charge in [0.25, 0.3) is 0 Å². The number of aryl methyl sites for hydroxylation is 1. The summed E-state index contributed by atoms with van der Waals surface area (Å²) in [6.07, 6.45) is -4.61. The van der Waals surface area contributed by atoms with Crippen molar-refractivity contribution >= 4 is 76.6 Å². The lowest BCUT2D eigenvalue weighted by Gasteiger charge is -2.44. The van der Waals surface area contributed by atoms with Gasteiger partial charge in [0.15, 0.2) is 0 Å². The lowest BCUT2D eigenvalue weighted by atomic mass is 9.93. The molecule has 2 fully saturated rings. The van der Waals surface area contributed by atoms with Crippen molar-refractivity contribution in [3.8, 4) is 0 Å². The third-order valence-corrected chi connectivity index (χ3v) is 18.3. The average Bonchev–Trinajstić information content (AvgIpc) is 0.807. The number of alkyl halides is 3. The second kappa shape index (κ2) is 33.8. The molecule has 22 nitrogen and oxygen atoms in total. The van der Waals surface area contributed by atoms with Gasteiger partial charge >= 0.3 is 6.18 Å². The van der Waals surface area contributed by atoms with Crippen LogP contribution in [0.2, 0.25) is 5.02 Å². The molecule has 0 radical (unpaired) electrons. The monoisotopic (exact) mass is 1330 g/mol. The number of fused-ring (bicyclic) bond motifs is 1. The molecule has 3 N–H and O–H groups in total. The summed E-state index contributed by atoms with van der Waals surface area (Å²) < 4.78 is 41.1. The number of halogens is 4. The summed E-state index contributed by atoms with van der Waals surface area (Å²) in [5.41, 5.74) is 0.689. The van der Waals surface area contributed by atoms with E-state index in [1.807, 2.05) is 20.8 Å². The fraction of sp³-hybridized carbons (Fsp3) is 0.574. The highest BCUT2D eigenvalue weighted by atomic mass is 35.5. The Morgan fingerprint density at radius 1 is 0.564 bits per heavy atom. The SMILES string of the molecule is CC[C@H](C)[C@@H]1NC(=O)[C@H](C)N(C)C(=O)C[C@@H](C)NC(=O)[C@H](C(C)C)N(C)C(=O)[C@H](Cc2ccccc2)N(C)C(=O)[C@H](CC(C)C)N(C)C(=O)[C@H](CCc2ccc(C(F)(F)F)cc2)NC(=O)CN(C)C(=O)[C@H](Cc2ccc(Cl)cc2)N(C)C(=O)CN(C)C(=O)[C@@H]2CCN2C1=O. The Bertz CT molecular complexity index is 3180. The van der Waals surface area contributed by atoms with Crippen molar-refractivity contribution in [3.63, 3.8) is 0 Å². The van der Waals surface area contributed by atoms with E-state index in [2.05, 4.69) is 16.0 Å². The zero-order chi connectivity index (χ0) is 70.4. The smallest absolute Gasteiger partial charge is 0.351 e. The predicted octanol–water partition coefficient (Wildman–Crippen LogP) is 5.08. The minimum absolute atomic E-state index is 0.0407. The maximum atomic E-state index is 15.4. The molecule has 0 saturated carbocycles. The van der Waals surface area contributed by atoms with Crippen LogP contribution in [0.15, 0.2) is 78.9 Å². The number of hydrogen-bond acceptors (Lipinski definition) is 11. The van der Waals surface area contributed by atoms with Crippen LogP contribution >= 0.6 is 11.6 Å². The molecular weight excluding hydrogens is 1240 g/mol. The van der Waals surface area contributed by atoms with Gasteiger partial charge < -0.3 is 55.1 Å². The average molecular weight is 1340 g/mol. The molecule has 2 aliphatic heterocycles. The first-order valence-electron chi connectivity index (χ1n) is 31.9. The van der Waals surface area contributed by atoms with Crippen molar-refractivity contribution in [1.29, 1.82) is 0 Å². The van der Waals surface area contributed by atoms with Crippen LogP contribution in [0.4, 0.5) is 13.2 Å². The molecule has 2 heterocycles. The lowest BCUT2D eigenvalue weighted by molar-refractivity contribution is -0.156. The van der Waals surface area contributed by atoms with Gasteiger partial charge in [0.05, 0.1) is 18.7 Å². The number of nitrogens with one attached hydrogen (secondary N) is 3. The topological polar surface area (TPSA) is 250 Å². The molecule has 0 unspecified atom stereocenters. The van der Waals surface area contributed by atoms with Gasteiger partial charge in [-0.3, -0.25) is 52.7 Å². The Morgan fingerprint density at radius 3 is 1.65 bits per heavy atom. The maximum Gasteiger partial charge on any atom is 0.416 e. The summed E-state index contributed by atoms with van der Waals surface area (Å²) in [7, 11) is 9.69. The summed E-state index contributed by atoms with van der Waals surface area (Å²) in [4.78, 5) is 170. The van der Waals surface area contributed by atoms with Crippen molar-refractivity contribution < 1.29 is 65.9 Å². The Morgan fingerprint density at radius 2 is 1.11 bits per heavy atom. The van der Waals surface area contributed by atoms with Crippen LogP contribution < -0.4 is 16.0 Å². The number of rotatable bonds is 12. The van der Waals surface area contributed by atoms with Crippen LogP contribution in [0, 0.1) is 17.8 Å². The molecule has 5 rings (SSSR count). The molecule has 2 saturated heterocycles. The van der Waals surface area contributed by atoms with Gasteiger partial charge in [-0.1, -0.05) is 114 Å². The number of amides is 11. The van der Waals surface area contributed by atoms with E-state index in [1.54, 1.807) is 82.3 Å². The summed E-state index contributed by atoms with van der Waals surface area (Å²) in [5.74, 6) is -8.59. The standard InChI is InChI=1S/C68H95ClF3N11O11/c1-16-42(6)58-67(94)83-33-32-51(83)63(90)77(10)39-57(86)79(12)53(37-47-24-29-49(69)30-25-47)64(91)76(9)38-55(84)74-50(31-26-45-22-27-48(28-23-45)68(70,71)72)62(89)80(13)52(34-40(2)3)65(92)81(14)54(36-46-20-18-17-19-21-46)66(93)82(15)59(41(4)5)61(88)73-43(7)35-56(85)78(11)44(8)60(87)75-58/h17-25,27-30,40-44,50-54,58-59H,16,26,31-39H2,1-15H3,(H,73,88)(H,74,84)(H,75,87)/t42-,43+,44-,50-,51-,52-,53-,54-,58-,59-/m0/s1. The van der Waals surface area contributed by atoms with Crippen molar-refractivity contribution in [2.45, 2.75) is 167 Å². The normalized spacial score (nSPS) is 24.7. The van der Waals surface area contributed by atoms with E-state index < -0.39 is 156 Å². The molecule has 10 atom stereocenters. The maximum absolute atomic E-state index is 15.4. The number of hydrogen-bond donors (Lipinski definition) is 3. The van der Waals surface area contributed by atoms with Crippen LogP contribution in [0.1, 0.15) is 110 Å². The molecule has 26 heteroatoms. The molecule has 0 aliphatic carbocycles. The van der Waals surface area contributed by atoms with E-state index in [-0.39, 0.29) is 57.4 Å². The minimum Gasteiger partial charge on any atom is -0.351 e. The molecule has 0 bridgehead atoms. The molecule has 3 aromatic carbocycles. The number of carbonyl (C=O) groups excluding carboxylic acids is 11. The second-order valence-corrected chi connectivity index (χ2v) is 26.4. The second-order valence-electron chi connectivity index (χ2n) is 26.0. The molecule has 11 amide bonds. The zero-order valence-electron chi connectivity index (χ0n) is 56.8. The first kappa shape index (κ1) is 76.6. The Balaban J connectivity index is 1.60. The summed E-state index contributed by atoms with van der Waals surface area (Å²) >= 11 is 6.23. The van der Waals surface area contributed by atoms with Gasteiger partial charge in [0.2, 0.25) is 65.0 Å². The molecule has 94 heavy (non-hydrogen) atoms. The van der Waals surface area contributed by atoms with Gasteiger partial charge in [-0.05, 0) is 98.2 Å². The van der Waals surface area contributed by atoms with Crippen LogP contribution in [0.25, 0.3) is 0 Å². The quantitative estimate of drug-likeness (QED) is 0.216. The molecule has 0 aromatic heterocycles. The molecule has 0 spiro atoms. The number of carbonyl (C=O) groups is 11. The van der Waals surface area contributed by atoms with Crippen molar-refractivity contribution in [2.24, 2.45) is 17.8 Å². The largest absolute Gasteiger partial charge is 0.416 e. The Labute approximate surface area is 555 Å². The van der Waals surface area contributed by atoms with Crippen LogP contribution in [0.5, 0.6) is 0 Å². The van der Waals surface area contributed by atoms with Crippen LogP contribution in [0.3, 0.4) is 0 Å². The predicted molar refractivity (Wildman–Crippen MR) is 349 cm³/mol. The van der Waals surface area contributed by atoms with E-state index in [0.29, 0.717) is 28.1 Å². The van der Waals surface area contributed by atoms with E-state index in [4.69, 9.17) is 11.6 Å². The van der Waals surface area contributed by atoms with Gasteiger partial charge in [-0.2, -0.15) is 13.2 Å². The van der Waals surface area contributed by atoms with Crippen LogP contribution in [-0.4, -0.2) is 228 Å². The van der Waals surface area contributed by atoms with E-state index in [9.17, 15) is 51.5 Å². The Hall–Kier alpha value is -8.09. The minimum atomic E-state index is -4.64. The van der Waals surface area contributed by atoms with Gasteiger partial charge in [0.1, 0.15) is 48.3 Å².